The van der Waals surface area contributed by atoms with E-state index in [4.69, 9.17) is 5.73 Å². The van der Waals surface area contributed by atoms with E-state index in [1.165, 1.54) is 12.8 Å². The van der Waals surface area contributed by atoms with Gasteiger partial charge in [-0.15, -0.1) is 12.4 Å². The van der Waals surface area contributed by atoms with Gasteiger partial charge in [-0.05, 0) is 30.7 Å². The molecule has 0 heterocycles. The van der Waals surface area contributed by atoms with E-state index in [2.05, 4.69) is 12.2 Å². The molecule has 106 valence electrons. The smallest absolute Gasteiger partial charge is 0.237 e. The van der Waals surface area contributed by atoms with Gasteiger partial charge in [-0.25, -0.2) is 0 Å². The first-order chi connectivity index (χ1) is 8.70. The molecule has 0 aliphatic heterocycles. The molecule has 4 heteroatoms. The molecule has 1 saturated carbocycles. The monoisotopic (exact) mass is 282 g/mol. The quantitative estimate of drug-likeness (QED) is 0.841. The third kappa shape index (κ3) is 4.84. The second-order valence-electron chi connectivity index (χ2n) is 5.20. The summed E-state index contributed by atoms with van der Waals surface area (Å²) >= 11 is 0. The van der Waals surface area contributed by atoms with Crippen molar-refractivity contribution < 1.29 is 4.79 Å². The number of halogens is 1. The number of carbonyl (C=O) groups is 1. The highest BCUT2D eigenvalue weighted by molar-refractivity contribution is 5.85. The Morgan fingerprint density at radius 3 is 2.74 bits per heavy atom. The first kappa shape index (κ1) is 16.0. The molecule has 3 atom stereocenters. The van der Waals surface area contributed by atoms with Crippen molar-refractivity contribution in [3.63, 3.8) is 0 Å². The minimum atomic E-state index is -0.435. The fraction of sp³-hybridized carbons (Fsp3) is 0.533. The zero-order valence-corrected chi connectivity index (χ0v) is 12.2. The molecule has 1 aromatic carbocycles. The molecule has 1 aliphatic carbocycles. The Morgan fingerprint density at radius 2 is 2.11 bits per heavy atom. The van der Waals surface area contributed by atoms with Crippen molar-refractivity contribution in [3.05, 3.63) is 35.9 Å². The van der Waals surface area contributed by atoms with E-state index in [1.54, 1.807) is 0 Å². The van der Waals surface area contributed by atoms with Crippen molar-refractivity contribution >= 4 is 18.3 Å². The Balaban J connectivity index is 0.00000180. The van der Waals surface area contributed by atoms with Gasteiger partial charge in [0.2, 0.25) is 5.91 Å². The molecule has 0 spiro atoms. The van der Waals surface area contributed by atoms with Gasteiger partial charge in [0, 0.05) is 6.04 Å². The maximum atomic E-state index is 11.9. The predicted octanol–water partition coefficient (Wildman–Crippen LogP) is 2.28. The summed E-state index contributed by atoms with van der Waals surface area (Å²) in [5.41, 5.74) is 7.04. The molecule has 3 N–H and O–H groups in total. The SMILES string of the molecule is CCCC1CC1NC(=O)[C@@H](N)Cc1ccccc1.Cl. The molecule has 2 unspecified atom stereocenters. The first-order valence-electron chi connectivity index (χ1n) is 6.80. The molecule has 0 bridgehead atoms. The van der Waals surface area contributed by atoms with E-state index in [0.717, 1.165) is 12.0 Å². The number of nitrogens with two attached hydrogens (primary N) is 1. The summed E-state index contributed by atoms with van der Waals surface area (Å²) in [6.45, 7) is 2.18. The van der Waals surface area contributed by atoms with Gasteiger partial charge in [-0.1, -0.05) is 43.7 Å². The Hall–Kier alpha value is -1.06. The molecule has 3 nitrogen and oxygen atoms in total. The number of hydrogen-bond acceptors (Lipinski definition) is 2. The van der Waals surface area contributed by atoms with E-state index < -0.39 is 6.04 Å². The maximum Gasteiger partial charge on any atom is 0.237 e. The van der Waals surface area contributed by atoms with Crippen LogP contribution < -0.4 is 11.1 Å². The Morgan fingerprint density at radius 1 is 1.42 bits per heavy atom. The van der Waals surface area contributed by atoms with Crippen molar-refractivity contribution in [2.75, 3.05) is 0 Å². The van der Waals surface area contributed by atoms with Gasteiger partial charge in [-0.3, -0.25) is 4.79 Å². The van der Waals surface area contributed by atoms with E-state index in [1.807, 2.05) is 30.3 Å². The second-order valence-corrected chi connectivity index (χ2v) is 5.20. The van der Waals surface area contributed by atoms with E-state index >= 15 is 0 Å². The number of benzene rings is 1. The van der Waals surface area contributed by atoms with Gasteiger partial charge in [0.1, 0.15) is 0 Å². The van der Waals surface area contributed by atoms with Crippen LogP contribution in [0.15, 0.2) is 30.3 Å². The summed E-state index contributed by atoms with van der Waals surface area (Å²) in [4.78, 5) is 11.9. The molecule has 0 radical (unpaired) electrons. The van der Waals surface area contributed by atoms with Crippen molar-refractivity contribution in [3.8, 4) is 0 Å². The highest BCUT2D eigenvalue weighted by atomic mass is 35.5. The van der Waals surface area contributed by atoms with Crippen LogP contribution in [0.1, 0.15) is 31.7 Å². The lowest BCUT2D eigenvalue weighted by atomic mass is 10.1. The molecular weight excluding hydrogens is 260 g/mol. The molecule has 2 rings (SSSR count). The molecule has 1 amide bonds. The lowest BCUT2D eigenvalue weighted by Crippen LogP contribution is -2.43. The average molecular weight is 283 g/mol. The van der Waals surface area contributed by atoms with E-state index in [-0.39, 0.29) is 18.3 Å². The van der Waals surface area contributed by atoms with Crippen molar-refractivity contribution in [1.82, 2.24) is 5.32 Å². The molecule has 19 heavy (non-hydrogen) atoms. The summed E-state index contributed by atoms with van der Waals surface area (Å²) in [5.74, 6) is 0.672. The van der Waals surface area contributed by atoms with Gasteiger partial charge in [0.15, 0.2) is 0 Å². The Labute approximate surface area is 121 Å². The number of carbonyl (C=O) groups excluding carboxylic acids is 1. The topological polar surface area (TPSA) is 55.1 Å². The van der Waals surface area contributed by atoms with Crippen molar-refractivity contribution in [2.24, 2.45) is 11.7 Å². The summed E-state index contributed by atoms with van der Waals surface area (Å²) in [6, 6.07) is 9.86. The van der Waals surface area contributed by atoms with Gasteiger partial charge in [-0.2, -0.15) is 0 Å². The van der Waals surface area contributed by atoms with Crippen LogP contribution in [-0.4, -0.2) is 18.0 Å². The third-order valence-corrected chi connectivity index (χ3v) is 3.54. The summed E-state index contributed by atoms with van der Waals surface area (Å²) in [5, 5.41) is 3.04. The van der Waals surface area contributed by atoms with Crippen LogP contribution in [0, 0.1) is 5.92 Å². The lowest BCUT2D eigenvalue weighted by Gasteiger charge is -2.12. The molecule has 0 aromatic heterocycles. The molecule has 1 aliphatic rings. The highest BCUT2D eigenvalue weighted by Crippen LogP contribution is 2.34. The zero-order valence-electron chi connectivity index (χ0n) is 11.3. The zero-order chi connectivity index (χ0) is 13.0. The summed E-state index contributed by atoms with van der Waals surface area (Å²) in [7, 11) is 0. The Kier molecular flexibility index (Phi) is 6.32. The van der Waals surface area contributed by atoms with E-state index in [9.17, 15) is 4.79 Å². The minimum absolute atomic E-state index is 0. The number of nitrogens with one attached hydrogen (secondary N) is 1. The third-order valence-electron chi connectivity index (χ3n) is 3.54. The number of rotatable bonds is 6. The molecule has 0 saturated heterocycles. The fourth-order valence-corrected chi connectivity index (χ4v) is 2.36. The minimum Gasteiger partial charge on any atom is -0.352 e. The fourth-order valence-electron chi connectivity index (χ4n) is 2.36. The van der Waals surface area contributed by atoms with Crippen LogP contribution >= 0.6 is 12.4 Å². The molecule has 1 aromatic rings. The van der Waals surface area contributed by atoms with Gasteiger partial charge in [0.25, 0.3) is 0 Å². The van der Waals surface area contributed by atoms with Crippen LogP contribution in [0.3, 0.4) is 0 Å². The highest BCUT2D eigenvalue weighted by Gasteiger charge is 2.37. The second kappa shape index (κ2) is 7.51. The van der Waals surface area contributed by atoms with Crippen LogP contribution in [-0.2, 0) is 11.2 Å². The van der Waals surface area contributed by atoms with Crippen LogP contribution in [0.25, 0.3) is 0 Å². The normalized spacial score (nSPS) is 22.2. The van der Waals surface area contributed by atoms with Crippen molar-refractivity contribution in [1.29, 1.82) is 0 Å². The van der Waals surface area contributed by atoms with Crippen LogP contribution in [0.5, 0.6) is 0 Å². The first-order valence-corrected chi connectivity index (χ1v) is 6.80. The number of hydrogen-bond donors (Lipinski definition) is 2. The summed E-state index contributed by atoms with van der Waals surface area (Å²) in [6.07, 6.45) is 4.13. The largest absolute Gasteiger partial charge is 0.352 e. The van der Waals surface area contributed by atoms with E-state index in [0.29, 0.717) is 18.4 Å². The van der Waals surface area contributed by atoms with Gasteiger partial charge >= 0.3 is 0 Å². The lowest BCUT2D eigenvalue weighted by molar-refractivity contribution is -0.122. The molecular formula is C15H23ClN2O. The Bertz CT molecular complexity index is 396. The predicted molar refractivity (Wildman–Crippen MR) is 80.3 cm³/mol. The van der Waals surface area contributed by atoms with Gasteiger partial charge < -0.3 is 11.1 Å². The van der Waals surface area contributed by atoms with Crippen LogP contribution in [0.2, 0.25) is 0 Å². The molecule has 1 fully saturated rings. The standard InChI is InChI=1S/C15H22N2O.ClH/c1-2-6-12-10-14(12)17-15(18)13(16)9-11-7-4-3-5-8-11;/h3-5,7-8,12-14H,2,6,9-10,16H2,1H3,(H,17,18);1H/t12?,13-,14?;/m0./s1. The van der Waals surface area contributed by atoms with Crippen LogP contribution in [0.4, 0.5) is 0 Å². The summed E-state index contributed by atoms with van der Waals surface area (Å²) < 4.78 is 0. The van der Waals surface area contributed by atoms with Crippen molar-refractivity contribution in [2.45, 2.75) is 44.7 Å². The average Bonchev–Trinajstić information content (AvgIpc) is 3.09. The number of amides is 1. The van der Waals surface area contributed by atoms with Gasteiger partial charge in [0.05, 0.1) is 6.04 Å². The maximum absolute atomic E-state index is 11.9.